The number of carbonyl (C=O) groups excluding carboxylic acids is 1. The molecule has 0 aromatic heterocycles. The second-order valence-electron chi connectivity index (χ2n) is 10.3. The van der Waals surface area contributed by atoms with Crippen molar-refractivity contribution in [2.24, 2.45) is 0 Å². The third-order valence-corrected chi connectivity index (χ3v) is 8.02. The first kappa shape index (κ1) is 39.0. The van der Waals surface area contributed by atoms with Crippen molar-refractivity contribution < 1.29 is 52.1 Å². The normalized spacial score (nSPS) is 10.8. The summed E-state index contributed by atoms with van der Waals surface area (Å²) in [5.74, 6) is 3.25. The molecule has 0 saturated heterocycles. The molecule has 2 aromatic carbocycles. The molecule has 0 fully saturated rings. The van der Waals surface area contributed by atoms with Crippen LogP contribution in [-0.4, -0.2) is 46.7 Å². The van der Waals surface area contributed by atoms with Crippen LogP contribution in [0.15, 0.2) is 24.3 Å². The smallest absolute Gasteiger partial charge is 0.496 e. The fraction of sp³-hybridized carbons (Fsp3) is 0.618. The van der Waals surface area contributed by atoms with Gasteiger partial charge in [0.2, 0.25) is 0 Å². The summed E-state index contributed by atoms with van der Waals surface area (Å²) in [6.07, 6.45) is 13.2. The second-order valence-corrected chi connectivity index (χ2v) is 11.4. The quantitative estimate of drug-likeness (QED) is 0.0820. The van der Waals surface area contributed by atoms with Gasteiger partial charge >= 0.3 is 18.9 Å². The molecule has 0 saturated carbocycles. The first-order valence-corrected chi connectivity index (χ1v) is 16.5. The SMILES string of the molecule is CCCCCCOc1cc(OCCCCCC)c([P-]C(=O)c2c(OC)cc(OC)cc2OC)c(OCCCCCC)c1.[Li+]. The van der Waals surface area contributed by atoms with Gasteiger partial charge in [0.25, 0.3) is 0 Å². The summed E-state index contributed by atoms with van der Waals surface area (Å²) in [5.41, 5.74) is 0.160. The van der Waals surface area contributed by atoms with Crippen LogP contribution in [0.25, 0.3) is 0 Å². The minimum Gasteiger partial charge on any atom is -0.496 e. The largest absolute Gasteiger partial charge is 1.00 e. The molecule has 0 aliphatic rings. The summed E-state index contributed by atoms with van der Waals surface area (Å²) < 4.78 is 35.4. The summed E-state index contributed by atoms with van der Waals surface area (Å²) in [6.45, 7) is 8.32. The number of rotatable bonds is 24. The van der Waals surface area contributed by atoms with Gasteiger partial charge in [-0.05, 0) is 19.3 Å². The van der Waals surface area contributed by atoms with Gasteiger partial charge in [-0.15, -0.1) is 5.30 Å². The van der Waals surface area contributed by atoms with Crippen LogP contribution >= 0.6 is 8.58 Å². The van der Waals surface area contributed by atoms with Gasteiger partial charge in [0.15, 0.2) is 0 Å². The standard InChI is InChI=1S/C34H52O7P.Li/c1-7-10-13-16-19-39-27-24-30(40-20-17-14-11-8-2)33(31(25-27)41-21-18-15-12-9-3)42-34(35)32-28(37-5)22-26(36-4)23-29(32)38-6;/h22-25H,7-21H2,1-6H3;/q-1;+1. The van der Waals surface area contributed by atoms with Crippen molar-refractivity contribution in [3.63, 3.8) is 0 Å². The maximum absolute atomic E-state index is 13.9. The van der Waals surface area contributed by atoms with E-state index in [9.17, 15) is 4.79 Å². The molecular formula is C34H52LiO7P. The third-order valence-electron chi connectivity index (χ3n) is 6.93. The second kappa shape index (κ2) is 23.3. The van der Waals surface area contributed by atoms with E-state index in [4.69, 9.17) is 28.4 Å². The van der Waals surface area contributed by atoms with Crippen LogP contribution in [-0.2, 0) is 0 Å². The molecule has 0 heterocycles. The van der Waals surface area contributed by atoms with Gasteiger partial charge in [0.1, 0.15) is 23.0 Å². The molecule has 0 aliphatic carbocycles. The minimum absolute atomic E-state index is 0. The minimum atomic E-state index is -0.189. The first-order chi connectivity index (χ1) is 20.5. The van der Waals surface area contributed by atoms with Crippen LogP contribution in [0, 0.1) is 0 Å². The monoisotopic (exact) mass is 610 g/mol. The Balaban J connectivity index is 0.00000924. The van der Waals surface area contributed by atoms with E-state index in [1.807, 2.05) is 12.1 Å². The topological polar surface area (TPSA) is 72.5 Å². The van der Waals surface area contributed by atoms with Crippen LogP contribution in [0.2, 0.25) is 0 Å². The van der Waals surface area contributed by atoms with Crippen molar-refractivity contribution >= 4 is 19.4 Å². The van der Waals surface area contributed by atoms with Crippen molar-refractivity contribution in [3.05, 3.63) is 29.8 Å². The fourth-order valence-corrected chi connectivity index (χ4v) is 5.50. The molecule has 236 valence electrons. The number of carbonyl (C=O) groups is 1. The summed E-state index contributed by atoms with van der Waals surface area (Å²) in [7, 11) is 5.02. The van der Waals surface area contributed by atoms with Crippen molar-refractivity contribution in [1.82, 2.24) is 0 Å². The third kappa shape index (κ3) is 13.6. The number of methoxy groups -OCH3 is 3. The Kier molecular flexibility index (Phi) is 21.1. The molecule has 2 rings (SSSR count). The van der Waals surface area contributed by atoms with Crippen LogP contribution in [0.4, 0.5) is 0 Å². The summed E-state index contributed by atoms with van der Waals surface area (Å²) in [6, 6.07) is 7.19. The number of ether oxygens (including phenoxy) is 6. The Labute approximate surface area is 274 Å². The van der Waals surface area contributed by atoms with Crippen molar-refractivity contribution in [2.75, 3.05) is 41.2 Å². The van der Waals surface area contributed by atoms with Crippen LogP contribution in [0.3, 0.4) is 0 Å². The predicted molar refractivity (Wildman–Crippen MR) is 172 cm³/mol. The Bertz CT molecular complexity index is 1000. The Hall–Kier alpha value is -2.06. The van der Waals surface area contributed by atoms with E-state index in [1.165, 1.54) is 27.1 Å². The van der Waals surface area contributed by atoms with Gasteiger partial charge in [-0.1, -0.05) is 78.6 Å². The number of unbranched alkanes of at least 4 members (excludes halogenated alkanes) is 9. The fourth-order valence-electron chi connectivity index (χ4n) is 4.49. The molecule has 9 heteroatoms. The van der Waals surface area contributed by atoms with E-state index in [-0.39, 0.29) is 24.4 Å². The van der Waals surface area contributed by atoms with Gasteiger partial charge in [0.05, 0.1) is 58.2 Å². The average molecular weight is 611 g/mol. The molecule has 0 unspecified atom stereocenters. The number of hydrogen-bond donors (Lipinski definition) is 0. The Morgan fingerprint density at radius 2 is 0.977 bits per heavy atom. The molecule has 2 aromatic rings. The van der Waals surface area contributed by atoms with E-state index in [2.05, 4.69) is 20.8 Å². The van der Waals surface area contributed by atoms with Gasteiger partial charge in [0, 0.05) is 29.8 Å². The van der Waals surface area contributed by atoms with Gasteiger partial charge in [-0.3, -0.25) is 0 Å². The van der Waals surface area contributed by atoms with E-state index in [0.29, 0.717) is 73.8 Å². The molecule has 0 spiro atoms. The van der Waals surface area contributed by atoms with E-state index in [1.54, 1.807) is 19.2 Å². The molecule has 0 amide bonds. The molecule has 0 bridgehead atoms. The maximum atomic E-state index is 13.9. The van der Waals surface area contributed by atoms with Crippen molar-refractivity contribution in [1.29, 1.82) is 0 Å². The van der Waals surface area contributed by atoms with Crippen molar-refractivity contribution in [2.45, 2.75) is 97.8 Å². The molecule has 0 atom stereocenters. The van der Waals surface area contributed by atoms with E-state index in [0.717, 1.165) is 64.2 Å². The molecule has 0 radical (unpaired) electrons. The Morgan fingerprint density at radius 1 is 0.558 bits per heavy atom. The summed E-state index contributed by atoms with van der Waals surface area (Å²) in [5, 5.41) is 0.684. The first-order valence-electron chi connectivity index (χ1n) is 15.6. The molecule has 0 aliphatic heterocycles. The zero-order valence-corrected chi connectivity index (χ0v) is 28.6. The maximum Gasteiger partial charge on any atom is 1.00 e. The van der Waals surface area contributed by atoms with Crippen LogP contribution < -0.4 is 52.6 Å². The van der Waals surface area contributed by atoms with Gasteiger partial charge in [-0.2, -0.15) is 0 Å². The van der Waals surface area contributed by atoms with Gasteiger partial charge in [-0.25, -0.2) is 0 Å². The predicted octanol–water partition coefficient (Wildman–Crippen LogP) is 6.01. The van der Waals surface area contributed by atoms with Crippen LogP contribution in [0.5, 0.6) is 34.5 Å². The molecule has 0 N–H and O–H groups in total. The number of benzene rings is 2. The average Bonchev–Trinajstić information content (AvgIpc) is 3.01. The number of hydrogen-bond acceptors (Lipinski definition) is 7. The molecule has 43 heavy (non-hydrogen) atoms. The zero-order chi connectivity index (χ0) is 30.6. The molecule has 7 nitrogen and oxygen atoms in total. The summed E-state index contributed by atoms with van der Waals surface area (Å²) >= 11 is 0. The van der Waals surface area contributed by atoms with E-state index < -0.39 is 0 Å². The van der Waals surface area contributed by atoms with E-state index >= 15 is 0 Å². The summed E-state index contributed by atoms with van der Waals surface area (Å²) in [4.78, 5) is 13.9. The van der Waals surface area contributed by atoms with Crippen molar-refractivity contribution in [3.8, 4) is 34.5 Å². The van der Waals surface area contributed by atoms with Gasteiger partial charge < -0.3 is 41.8 Å². The Morgan fingerprint density at radius 3 is 1.37 bits per heavy atom. The zero-order valence-electron chi connectivity index (χ0n) is 27.7. The molecular weight excluding hydrogens is 558 g/mol. The van der Waals surface area contributed by atoms with Crippen LogP contribution in [0.1, 0.15) is 108 Å².